The summed E-state index contributed by atoms with van der Waals surface area (Å²) in [6.07, 6.45) is -7.15. The van der Waals surface area contributed by atoms with Crippen molar-refractivity contribution in [1.29, 1.82) is 0 Å². The fourth-order valence-electron chi connectivity index (χ4n) is 3.52. The number of alkyl halides is 6. The predicted molar refractivity (Wildman–Crippen MR) is 141 cm³/mol. The van der Waals surface area contributed by atoms with Gasteiger partial charge in [0.25, 0.3) is 5.91 Å². The highest BCUT2D eigenvalue weighted by molar-refractivity contribution is 7.84. The van der Waals surface area contributed by atoms with Crippen LogP contribution < -0.4 is 5.32 Å². The average molecular weight is 637 g/mol. The maximum absolute atomic E-state index is 13.8. The van der Waals surface area contributed by atoms with Crippen molar-refractivity contribution in [2.24, 2.45) is 0 Å². The molecule has 0 saturated carbocycles. The van der Waals surface area contributed by atoms with Crippen molar-refractivity contribution in [1.82, 2.24) is 5.32 Å². The van der Waals surface area contributed by atoms with Gasteiger partial charge in [-0.3, -0.25) is 13.8 Å². The Hall–Kier alpha value is -2.08. The molecular formula is C25H22Cl3F6NO3S. The normalized spacial score (nSPS) is 14.7. The van der Waals surface area contributed by atoms with E-state index in [1.165, 1.54) is 13.2 Å². The zero-order valence-corrected chi connectivity index (χ0v) is 23.4. The lowest BCUT2D eigenvalue weighted by molar-refractivity contribution is -0.139. The molecule has 0 saturated heterocycles. The zero-order chi connectivity index (χ0) is 29.7. The van der Waals surface area contributed by atoms with Crippen LogP contribution in [0.15, 0.2) is 36.4 Å². The van der Waals surface area contributed by atoms with Gasteiger partial charge < -0.3 is 5.32 Å². The molecule has 4 nitrogen and oxygen atoms in total. The molecule has 1 N–H and O–H groups in total. The lowest BCUT2D eigenvalue weighted by atomic mass is 9.96. The van der Waals surface area contributed by atoms with Crippen LogP contribution in [0, 0.1) is 0 Å². The largest absolute Gasteiger partial charge is 0.417 e. The molecule has 3 atom stereocenters. The van der Waals surface area contributed by atoms with Crippen LogP contribution in [0.1, 0.15) is 52.7 Å². The third kappa shape index (κ3) is 9.81. The monoisotopic (exact) mass is 635 g/mol. The Morgan fingerprint density at radius 2 is 1.62 bits per heavy atom. The number of hydrogen-bond donors (Lipinski definition) is 1. The first-order valence-corrected chi connectivity index (χ1v) is 14.0. The average Bonchev–Trinajstić information content (AvgIpc) is 2.79. The summed E-state index contributed by atoms with van der Waals surface area (Å²) in [5.74, 6) is -3.58. The molecule has 0 bridgehead atoms. The summed E-state index contributed by atoms with van der Waals surface area (Å²) in [5.41, 5.74) is -2.77. The van der Waals surface area contributed by atoms with Gasteiger partial charge in [-0.05, 0) is 42.3 Å². The number of ketones is 1. The second-order valence-electron chi connectivity index (χ2n) is 8.62. The van der Waals surface area contributed by atoms with Crippen molar-refractivity contribution < 1.29 is 40.1 Å². The van der Waals surface area contributed by atoms with E-state index in [0.29, 0.717) is 12.1 Å². The third-order valence-electron chi connectivity index (χ3n) is 5.37. The summed E-state index contributed by atoms with van der Waals surface area (Å²) in [6.45, 7) is 1.43. The zero-order valence-electron chi connectivity index (χ0n) is 20.4. The van der Waals surface area contributed by atoms with Crippen LogP contribution in [0.25, 0.3) is 6.08 Å². The van der Waals surface area contributed by atoms with E-state index < -0.39 is 52.1 Å². The van der Waals surface area contributed by atoms with Gasteiger partial charge in [0.15, 0.2) is 0 Å². The van der Waals surface area contributed by atoms with Crippen molar-refractivity contribution in [2.45, 2.75) is 44.1 Å². The highest BCUT2D eigenvalue weighted by atomic mass is 35.5. The highest BCUT2D eigenvalue weighted by Crippen LogP contribution is 2.41. The topological polar surface area (TPSA) is 63.2 Å². The van der Waals surface area contributed by atoms with E-state index in [1.54, 1.807) is 0 Å². The van der Waals surface area contributed by atoms with Crippen LogP contribution >= 0.6 is 34.8 Å². The van der Waals surface area contributed by atoms with E-state index in [9.17, 15) is 40.1 Å². The quantitative estimate of drug-likeness (QED) is 0.213. The molecule has 0 aliphatic rings. The Labute approximate surface area is 238 Å². The van der Waals surface area contributed by atoms with Gasteiger partial charge in [0, 0.05) is 41.7 Å². The van der Waals surface area contributed by atoms with E-state index in [-0.39, 0.29) is 50.6 Å². The molecule has 0 heterocycles. The molecule has 0 aliphatic carbocycles. The number of nitrogens with one attached hydrogen (secondary N) is 1. The molecule has 0 spiro atoms. The van der Waals surface area contributed by atoms with Crippen molar-refractivity contribution >= 4 is 63.4 Å². The first-order chi connectivity index (χ1) is 17.9. The Bertz CT molecular complexity index is 1260. The van der Waals surface area contributed by atoms with E-state index in [0.717, 1.165) is 30.3 Å². The number of allylic oxidation sites excluding steroid dienone is 1. The second-order valence-corrected chi connectivity index (χ2v) is 11.4. The van der Waals surface area contributed by atoms with Crippen molar-refractivity contribution in [3.8, 4) is 0 Å². The van der Waals surface area contributed by atoms with Crippen LogP contribution in [0.3, 0.4) is 0 Å². The van der Waals surface area contributed by atoms with Gasteiger partial charge in [-0.15, -0.1) is 0 Å². The standard InChI is InChI=1S/C25H22Cl3F6NO3S/c1-13(9-16(36)7-8-39(2)38)35-23(37)17-5-3-14(10-19(17)25(32,33)34)4-6-18(24(29,30)31)15-11-20(26)22(28)21(27)12-15/h3-6,10-13,18H,7-9H2,1-2H3,(H,35,37)/b6-4+/t13-,18?,39?/m1/s1. The molecule has 39 heavy (non-hydrogen) atoms. The van der Waals surface area contributed by atoms with E-state index in [4.69, 9.17) is 34.8 Å². The molecule has 2 unspecified atom stereocenters. The molecule has 214 valence electrons. The molecule has 0 radical (unpaired) electrons. The van der Waals surface area contributed by atoms with Crippen LogP contribution in [-0.4, -0.2) is 40.1 Å². The van der Waals surface area contributed by atoms with Gasteiger partial charge in [-0.1, -0.05) is 53.0 Å². The van der Waals surface area contributed by atoms with Crippen molar-refractivity contribution in [2.75, 3.05) is 12.0 Å². The number of carbonyl (C=O) groups excluding carboxylic acids is 2. The van der Waals surface area contributed by atoms with Gasteiger partial charge in [-0.25, -0.2) is 0 Å². The molecule has 0 aliphatic heterocycles. The molecule has 0 aromatic heterocycles. The Morgan fingerprint density at radius 1 is 1.03 bits per heavy atom. The van der Waals surface area contributed by atoms with Gasteiger partial charge >= 0.3 is 12.4 Å². The lowest BCUT2D eigenvalue weighted by Gasteiger charge is -2.19. The number of rotatable bonds is 10. The first-order valence-electron chi connectivity index (χ1n) is 11.1. The van der Waals surface area contributed by atoms with E-state index in [2.05, 4.69) is 5.32 Å². The summed E-state index contributed by atoms with van der Waals surface area (Å²) in [6, 6.07) is 3.54. The highest BCUT2D eigenvalue weighted by Gasteiger charge is 2.40. The molecule has 2 aromatic carbocycles. The first kappa shape index (κ1) is 33.1. The van der Waals surface area contributed by atoms with Crippen LogP contribution in [0.5, 0.6) is 0 Å². The van der Waals surface area contributed by atoms with E-state index >= 15 is 0 Å². The maximum atomic E-state index is 13.8. The van der Waals surface area contributed by atoms with Gasteiger partial charge in [-0.2, -0.15) is 26.3 Å². The number of halogens is 9. The Kier molecular flexibility index (Phi) is 11.5. The minimum Gasteiger partial charge on any atom is -0.349 e. The molecule has 14 heteroatoms. The number of carbonyl (C=O) groups is 2. The second kappa shape index (κ2) is 13.5. The molecule has 0 fully saturated rings. The molecule has 2 rings (SSSR count). The summed E-state index contributed by atoms with van der Waals surface area (Å²) in [4.78, 5) is 24.5. The summed E-state index contributed by atoms with van der Waals surface area (Å²) < 4.78 is 93.8. The van der Waals surface area contributed by atoms with Crippen LogP contribution in [-0.2, 0) is 21.8 Å². The lowest BCUT2D eigenvalue weighted by Crippen LogP contribution is -2.35. The summed E-state index contributed by atoms with van der Waals surface area (Å²) in [7, 11) is -1.20. The van der Waals surface area contributed by atoms with Crippen molar-refractivity contribution in [3.05, 3.63) is 73.7 Å². The minimum absolute atomic E-state index is 0.00843. The fourth-order valence-corrected chi connectivity index (χ4v) is 4.65. The third-order valence-corrected chi connectivity index (χ3v) is 7.35. The minimum atomic E-state index is -5.01. The maximum Gasteiger partial charge on any atom is 0.417 e. The summed E-state index contributed by atoms with van der Waals surface area (Å²) in [5, 5.41) is 1.71. The van der Waals surface area contributed by atoms with Gasteiger partial charge in [0.1, 0.15) is 5.78 Å². The Balaban J connectivity index is 2.34. The molecule has 2 aromatic rings. The van der Waals surface area contributed by atoms with Gasteiger partial charge in [0.2, 0.25) is 0 Å². The predicted octanol–water partition coefficient (Wildman–Crippen LogP) is 7.87. The number of benzene rings is 2. The number of hydrogen-bond acceptors (Lipinski definition) is 3. The summed E-state index contributed by atoms with van der Waals surface area (Å²) >= 11 is 17.5. The van der Waals surface area contributed by atoms with Crippen LogP contribution in [0.2, 0.25) is 15.1 Å². The van der Waals surface area contributed by atoms with Gasteiger partial charge in [0.05, 0.1) is 32.1 Å². The number of Topliss-reactive ketones (excluding diaryl/α,β-unsaturated/α-hetero) is 1. The fraction of sp³-hybridized carbons (Fsp3) is 0.360. The van der Waals surface area contributed by atoms with Crippen LogP contribution in [0.4, 0.5) is 26.3 Å². The van der Waals surface area contributed by atoms with Crippen molar-refractivity contribution in [3.63, 3.8) is 0 Å². The number of amides is 1. The van der Waals surface area contributed by atoms with E-state index in [1.807, 2.05) is 0 Å². The Morgan fingerprint density at radius 3 is 2.13 bits per heavy atom. The molecule has 1 amide bonds. The molecular weight excluding hydrogens is 615 g/mol. The smallest absolute Gasteiger partial charge is 0.349 e. The SMILES string of the molecule is C[C@H](CC(=O)CCS(C)=O)NC(=O)c1ccc(/C=C/C(c2cc(Cl)c(Cl)c(Cl)c2)C(F)(F)F)cc1C(F)(F)F.